The maximum absolute atomic E-state index is 6.89. The van der Waals surface area contributed by atoms with Gasteiger partial charge in [0.2, 0.25) is 0 Å². The van der Waals surface area contributed by atoms with Gasteiger partial charge in [0.1, 0.15) is 5.58 Å². The number of aromatic nitrogens is 4. The number of rotatable bonds is 7. The van der Waals surface area contributed by atoms with Gasteiger partial charge in [-0.3, -0.25) is 9.97 Å². The summed E-state index contributed by atoms with van der Waals surface area (Å²) in [7, 11) is 0. The average Bonchev–Trinajstić information content (AvgIpc) is 3.92. The van der Waals surface area contributed by atoms with E-state index in [0.717, 1.165) is 66.9 Å². The molecule has 5 nitrogen and oxygen atoms in total. The van der Waals surface area contributed by atoms with Crippen LogP contribution in [0.15, 0.2) is 156 Å². The van der Waals surface area contributed by atoms with E-state index in [1.165, 1.54) is 44.6 Å². The smallest absolute Gasteiger partial charge is 0.124 e. The molecule has 0 unspecified atom stereocenters. The minimum atomic E-state index is 0. The van der Waals surface area contributed by atoms with Gasteiger partial charge < -0.3 is 14.0 Å². The van der Waals surface area contributed by atoms with Crippen molar-refractivity contribution in [3.8, 4) is 50.7 Å². The van der Waals surface area contributed by atoms with Gasteiger partial charge in [0, 0.05) is 55.2 Å². The summed E-state index contributed by atoms with van der Waals surface area (Å²) in [5, 5.41) is 1.98. The van der Waals surface area contributed by atoms with Crippen LogP contribution in [0.3, 0.4) is 0 Å². The Labute approximate surface area is 435 Å². The molecule has 6 aromatic carbocycles. The largest absolute Gasteiger partial charge is 0.500 e. The Balaban J connectivity index is 0.000000338. The van der Waals surface area contributed by atoms with Gasteiger partial charge in [0.25, 0.3) is 0 Å². The summed E-state index contributed by atoms with van der Waals surface area (Å²) in [6.07, 6.45) is 3.93. The van der Waals surface area contributed by atoms with Crippen LogP contribution < -0.4 is 0 Å². The van der Waals surface area contributed by atoms with E-state index in [1.807, 2.05) is 42.7 Å². The van der Waals surface area contributed by atoms with Gasteiger partial charge >= 0.3 is 0 Å². The molecule has 0 saturated carbocycles. The Morgan fingerprint density at radius 2 is 1.14 bits per heavy atom. The molecule has 0 amide bonds. The van der Waals surface area contributed by atoms with Crippen LogP contribution >= 0.6 is 0 Å². The number of nitrogens with zero attached hydrogens (tertiary/aromatic N) is 4. The fourth-order valence-electron chi connectivity index (χ4n) is 9.19. The predicted molar refractivity (Wildman–Crippen MR) is 294 cm³/mol. The van der Waals surface area contributed by atoms with Gasteiger partial charge in [-0.25, -0.2) is 0 Å². The summed E-state index contributed by atoms with van der Waals surface area (Å²) in [5.74, 6) is 1.35. The first-order valence-corrected chi connectivity index (χ1v) is 24.8. The van der Waals surface area contributed by atoms with Crippen molar-refractivity contribution in [1.82, 2.24) is 19.5 Å². The van der Waals surface area contributed by atoms with E-state index < -0.39 is 0 Å². The van der Waals surface area contributed by atoms with Gasteiger partial charge in [0.15, 0.2) is 0 Å². The topological polar surface area (TPSA) is 56.7 Å². The first-order valence-electron chi connectivity index (χ1n) is 24.8. The molecule has 0 N–H and O–H groups in total. The van der Waals surface area contributed by atoms with Crippen molar-refractivity contribution in [3.05, 3.63) is 192 Å². The quantitative estimate of drug-likeness (QED) is 0.149. The van der Waals surface area contributed by atoms with E-state index in [9.17, 15) is 0 Å². The molecule has 0 atom stereocenters. The van der Waals surface area contributed by atoms with E-state index in [0.29, 0.717) is 0 Å². The molecule has 0 spiro atoms. The van der Waals surface area contributed by atoms with Crippen LogP contribution in [0.4, 0.5) is 0 Å². The Kier molecular flexibility index (Phi) is 14.3. The van der Waals surface area contributed by atoms with Crippen LogP contribution in [0.25, 0.3) is 83.7 Å². The minimum Gasteiger partial charge on any atom is -0.500 e. The van der Waals surface area contributed by atoms with Crippen molar-refractivity contribution in [2.75, 3.05) is 0 Å². The average molecular weight is 1110 g/mol. The predicted octanol–water partition coefficient (Wildman–Crippen LogP) is 17.8. The molecular formula is C65H66IrN4O-2. The Bertz CT molecular complexity index is 3410. The molecule has 10 rings (SSSR count). The molecule has 0 aliphatic carbocycles. The Morgan fingerprint density at radius 1 is 0.521 bits per heavy atom. The van der Waals surface area contributed by atoms with Gasteiger partial charge in [0.05, 0.1) is 28.1 Å². The van der Waals surface area contributed by atoms with Crippen molar-refractivity contribution in [3.63, 3.8) is 0 Å². The van der Waals surface area contributed by atoms with Crippen LogP contribution in [0, 0.1) is 12.1 Å². The number of pyridine rings is 2. The number of hydrogen-bond donors (Lipinski definition) is 0. The second kappa shape index (κ2) is 20.0. The Morgan fingerprint density at radius 3 is 1.73 bits per heavy atom. The number of hydrogen-bond acceptors (Lipinski definition) is 4. The number of fused-ring (bicyclic) bond motifs is 4. The van der Waals surface area contributed by atoms with Crippen molar-refractivity contribution < 1.29 is 24.5 Å². The summed E-state index contributed by atoms with van der Waals surface area (Å²) in [6, 6.07) is 55.9. The van der Waals surface area contributed by atoms with Crippen molar-refractivity contribution in [2.45, 2.75) is 118 Å². The molecule has 6 heteroatoms. The van der Waals surface area contributed by atoms with Crippen molar-refractivity contribution in [2.24, 2.45) is 0 Å². The summed E-state index contributed by atoms with van der Waals surface area (Å²) in [4.78, 5) is 14.9. The summed E-state index contributed by atoms with van der Waals surface area (Å²) in [6.45, 7) is 29.3. The fraction of sp³-hybridized carbons (Fsp3) is 0.277. The first kappa shape index (κ1) is 50.9. The van der Waals surface area contributed by atoms with E-state index in [4.69, 9.17) is 14.4 Å². The van der Waals surface area contributed by atoms with Crippen LogP contribution in [0.2, 0.25) is 0 Å². The molecule has 71 heavy (non-hydrogen) atoms. The SMILES string of the molecule is CC(C)(C)c1ccc(-c2[c-]cccc2)nc1.CC(C)c1cc(-c2ccccc2)cc(C(C)C)c1-n1c(-c2[c-]ccc3c2oc2cc(-c4cc(C(C)(C)C)cc(C(C)(C)C)c4)ncc23)nc2ccccc21.[Ir]. The molecule has 4 aromatic heterocycles. The molecule has 0 saturated heterocycles. The second-order valence-corrected chi connectivity index (χ2v) is 22.5. The zero-order valence-corrected chi connectivity index (χ0v) is 46.0. The zero-order chi connectivity index (χ0) is 49.7. The molecule has 10 aromatic rings. The normalized spacial score (nSPS) is 12.2. The van der Waals surface area contributed by atoms with Crippen LogP contribution in [-0.2, 0) is 36.4 Å². The second-order valence-electron chi connectivity index (χ2n) is 22.5. The maximum Gasteiger partial charge on any atom is 0.124 e. The van der Waals surface area contributed by atoms with Crippen molar-refractivity contribution in [1.29, 1.82) is 0 Å². The maximum atomic E-state index is 6.89. The third-order valence-electron chi connectivity index (χ3n) is 13.4. The molecule has 4 heterocycles. The molecule has 0 fully saturated rings. The third-order valence-corrected chi connectivity index (χ3v) is 13.4. The van der Waals surface area contributed by atoms with Gasteiger partial charge in [-0.1, -0.05) is 162 Å². The number of furan rings is 1. The fourth-order valence-corrected chi connectivity index (χ4v) is 9.19. The molecule has 1 radical (unpaired) electrons. The van der Waals surface area contributed by atoms with Gasteiger partial charge in [-0.15, -0.1) is 54.1 Å². The van der Waals surface area contributed by atoms with Crippen LogP contribution in [0.1, 0.15) is 130 Å². The number of benzene rings is 6. The van der Waals surface area contributed by atoms with Crippen molar-refractivity contribution >= 4 is 33.0 Å². The van der Waals surface area contributed by atoms with Crippen LogP contribution in [-0.4, -0.2) is 19.5 Å². The first-order chi connectivity index (χ1) is 33.3. The Hall–Kier alpha value is -6.46. The van der Waals surface area contributed by atoms with Gasteiger partial charge in [-0.2, -0.15) is 0 Å². The minimum absolute atomic E-state index is 0. The molecule has 0 aliphatic heterocycles. The third kappa shape index (κ3) is 10.5. The van der Waals surface area contributed by atoms with E-state index >= 15 is 0 Å². The summed E-state index contributed by atoms with van der Waals surface area (Å²) < 4.78 is 9.25. The molecule has 0 aliphatic rings. The molecule has 0 bridgehead atoms. The summed E-state index contributed by atoms with van der Waals surface area (Å²) in [5.41, 5.74) is 18.6. The zero-order valence-electron chi connectivity index (χ0n) is 43.6. The number of imidazole rings is 1. The van der Waals surface area contributed by atoms with E-state index in [1.54, 1.807) is 0 Å². The standard InChI is InChI=1S/C50H50N3O.C15H16N.Ir/c1-30(2)39-25-33(32-17-12-11-13-18-32)26-40(31(3)4)46(39)53-44-22-15-14-21-42(44)52-48(53)38-20-16-19-37-41-29-51-43(28-45(41)54-47(37)38)34-23-35(49(5,6)7)27-36(24-34)50(8,9)10;1-15(2,3)13-9-10-14(16-11-13)12-7-5-4-6-8-12;/h11-19,21-31H,1-10H3;4-7,9-11H,1-3H3;/q2*-1;. The van der Waals surface area contributed by atoms with Gasteiger partial charge in [-0.05, 0) is 109 Å². The molecule has 363 valence electrons. The van der Waals surface area contributed by atoms with E-state index in [2.05, 4.69) is 221 Å². The van der Waals surface area contributed by atoms with Crippen LogP contribution in [0.5, 0.6) is 0 Å². The molecular weight excluding hydrogens is 1040 g/mol. The van der Waals surface area contributed by atoms with E-state index in [-0.39, 0.29) is 48.2 Å². The number of para-hydroxylation sites is 2. The summed E-state index contributed by atoms with van der Waals surface area (Å²) >= 11 is 0. The monoisotopic (exact) mass is 1110 g/mol.